The van der Waals surface area contributed by atoms with E-state index in [1.54, 1.807) is 18.9 Å². The largest absolute Gasteiger partial charge is 0.461 e. The lowest BCUT2D eigenvalue weighted by Crippen LogP contribution is -2.36. The minimum atomic E-state index is -0.489. The van der Waals surface area contributed by atoms with Crippen LogP contribution < -0.4 is 0 Å². The molecule has 0 radical (unpaired) electrons. The van der Waals surface area contributed by atoms with Crippen LogP contribution in [0.5, 0.6) is 0 Å². The fourth-order valence-electron chi connectivity index (χ4n) is 1.83. The van der Waals surface area contributed by atoms with E-state index in [0.29, 0.717) is 12.1 Å². The zero-order valence-corrected chi connectivity index (χ0v) is 13.4. The topological polar surface area (TPSA) is 77.3 Å². The molecular weight excluding hydrogens is 272 g/mol. The van der Waals surface area contributed by atoms with Crippen LogP contribution in [0, 0.1) is 0 Å². The Kier molecular flexibility index (Phi) is 6.33. The molecular formula is C14H24N4O3. The number of likely N-dealkylation sites (N-methyl/N-ethyl adjacent to an activating group) is 1. The first-order chi connectivity index (χ1) is 9.92. The molecule has 0 aliphatic carbocycles. The number of nitrogens with zero attached hydrogens (tertiary/aromatic N) is 4. The molecule has 0 aromatic carbocycles. The summed E-state index contributed by atoms with van der Waals surface area (Å²) in [6, 6.07) is 0.111. The van der Waals surface area contributed by atoms with Crippen molar-refractivity contribution in [3.05, 3.63) is 11.4 Å². The van der Waals surface area contributed by atoms with E-state index in [4.69, 9.17) is 4.74 Å². The van der Waals surface area contributed by atoms with Crippen molar-refractivity contribution in [3.63, 3.8) is 0 Å². The molecule has 7 heteroatoms. The Hall–Kier alpha value is -1.92. The number of carbonyl (C=O) groups is 2. The fourth-order valence-corrected chi connectivity index (χ4v) is 1.83. The van der Waals surface area contributed by atoms with Crippen molar-refractivity contribution in [2.45, 2.75) is 53.1 Å². The van der Waals surface area contributed by atoms with Gasteiger partial charge in [0.25, 0.3) is 0 Å². The Morgan fingerprint density at radius 1 is 1.33 bits per heavy atom. The second-order valence-electron chi connectivity index (χ2n) is 5.11. The summed E-state index contributed by atoms with van der Waals surface area (Å²) in [5, 5.41) is 7.82. The van der Waals surface area contributed by atoms with Crippen molar-refractivity contribution in [1.82, 2.24) is 19.9 Å². The Balaban J connectivity index is 2.97. The maximum absolute atomic E-state index is 12.1. The van der Waals surface area contributed by atoms with Gasteiger partial charge in [0.05, 0.1) is 12.3 Å². The van der Waals surface area contributed by atoms with E-state index in [2.05, 4.69) is 10.3 Å². The average molecular weight is 296 g/mol. The van der Waals surface area contributed by atoms with Crippen molar-refractivity contribution in [3.8, 4) is 0 Å². The highest BCUT2D eigenvalue weighted by Crippen LogP contribution is 2.11. The number of amides is 1. The van der Waals surface area contributed by atoms with Crippen molar-refractivity contribution in [2.75, 3.05) is 13.7 Å². The zero-order chi connectivity index (χ0) is 16.0. The first kappa shape index (κ1) is 17.1. The lowest BCUT2D eigenvalue weighted by Gasteiger charge is -2.21. The maximum Gasteiger partial charge on any atom is 0.360 e. The van der Waals surface area contributed by atoms with Gasteiger partial charge in [0.1, 0.15) is 6.54 Å². The summed E-state index contributed by atoms with van der Waals surface area (Å²) in [7, 11) is 1.75. The number of carbonyl (C=O) groups excluding carboxylic acids is 2. The van der Waals surface area contributed by atoms with Gasteiger partial charge in [-0.15, -0.1) is 5.10 Å². The van der Waals surface area contributed by atoms with E-state index in [0.717, 1.165) is 6.42 Å². The van der Waals surface area contributed by atoms with Crippen LogP contribution in [0.3, 0.4) is 0 Å². The van der Waals surface area contributed by atoms with Crippen LogP contribution in [0.15, 0.2) is 0 Å². The van der Waals surface area contributed by atoms with Crippen LogP contribution in [0.4, 0.5) is 0 Å². The molecule has 0 aliphatic rings. The SMILES string of the molecule is CCCc1c(C(=O)OCC)nnn1CC(=O)N(C)C(C)C. The molecule has 0 unspecified atom stereocenters. The average Bonchev–Trinajstić information content (AvgIpc) is 2.81. The number of rotatable bonds is 7. The summed E-state index contributed by atoms with van der Waals surface area (Å²) in [5.74, 6) is -0.556. The predicted octanol–water partition coefficient (Wildman–Crippen LogP) is 1.27. The molecule has 1 heterocycles. The first-order valence-corrected chi connectivity index (χ1v) is 7.27. The third kappa shape index (κ3) is 4.27. The summed E-state index contributed by atoms with van der Waals surface area (Å²) in [4.78, 5) is 25.6. The van der Waals surface area contributed by atoms with Crippen molar-refractivity contribution < 1.29 is 14.3 Å². The van der Waals surface area contributed by atoms with Gasteiger partial charge in [0, 0.05) is 13.1 Å². The normalized spacial score (nSPS) is 10.8. The molecule has 118 valence electrons. The van der Waals surface area contributed by atoms with Crippen LogP contribution >= 0.6 is 0 Å². The lowest BCUT2D eigenvalue weighted by molar-refractivity contribution is -0.132. The summed E-state index contributed by atoms with van der Waals surface area (Å²) >= 11 is 0. The molecule has 7 nitrogen and oxygen atoms in total. The fraction of sp³-hybridized carbons (Fsp3) is 0.714. The van der Waals surface area contributed by atoms with Gasteiger partial charge in [-0.3, -0.25) is 4.79 Å². The molecule has 1 aromatic rings. The molecule has 1 aromatic heterocycles. The number of hydrogen-bond acceptors (Lipinski definition) is 5. The van der Waals surface area contributed by atoms with Gasteiger partial charge in [-0.1, -0.05) is 18.6 Å². The van der Waals surface area contributed by atoms with E-state index in [1.165, 1.54) is 4.68 Å². The zero-order valence-electron chi connectivity index (χ0n) is 13.4. The monoisotopic (exact) mass is 296 g/mol. The van der Waals surface area contributed by atoms with Crippen LogP contribution in [0.1, 0.15) is 50.3 Å². The van der Waals surface area contributed by atoms with E-state index in [1.807, 2.05) is 20.8 Å². The van der Waals surface area contributed by atoms with Gasteiger partial charge in [-0.25, -0.2) is 9.48 Å². The summed E-state index contributed by atoms with van der Waals surface area (Å²) in [6.45, 7) is 7.98. The van der Waals surface area contributed by atoms with Crippen LogP contribution in [0.2, 0.25) is 0 Å². The smallest absolute Gasteiger partial charge is 0.360 e. The van der Waals surface area contributed by atoms with Crippen molar-refractivity contribution >= 4 is 11.9 Å². The number of esters is 1. The maximum atomic E-state index is 12.1. The molecule has 0 spiro atoms. The number of aromatic nitrogens is 3. The van der Waals surface area contributed by atoms with Gasteiger partial charge in [-0.2, -0.15) is 0 Å². The molecule has 0 atom stereocenters. The molecule has 0 bridgehead atoms. The number of ether oxygens (including phenoxy) is 1. The Morgan fingerprint density at radius 2 is 2.00 bits per heavy atom. The summed E-state index contributed by atoms with van der Waals surface area (Å²) in [5.41, 5.74) is 0.861. The van der Waals surface area contributed by atoms with Crippen LogP contribution in [0.25, 0.3) is 0 Å². The second kappa shape index (κ2) is 7.75. The highest BCUT2D eigenvalue weighted by Gasteiger charge is 2.22. The van der Waals surface area contributed by atoms with Gasteiger partial charge in [0.2, 0.25) is 5.91 Å². The number of hydrogen-bond donors (Lipinski definition) is 0. The van der Waals surface area contributed by atoms with Gasteiger partial charge in [0.15, 0.2) is 5.69 Å². The molecule has 0 saturated heterocycles. The molecule has 21 heavy (non-hydrogen) atoms. The Morgan fingerprint density at radius 3 is 2.52 bits per heavy atom. The summed E-state index contributed by atoms with van der Waals surface area (Å²) in [6.07, 6.45) is 1.45. The molecule has 0 N–H and O–H groups in total. The van der Waals surface area contributed by atoms with Crippen LogP contribution in [-0.2, 0) is 22.5 Å². The third-order valence-corrected chi connectivity index (χ3v) is 3.25. The standard InChI is InChI=1S/C14H24N4O3/c1-6-8-11-13(14(20)21-7-2)15-16-18(11)9-12(19)17(5)10(3)4/h10H,6-9H2,1-5H3. The molecule has 0 saturated carbocycles. The van der Waals surface area contributed by atoms with E-state index in [9.17, 15) is 9.59 Å². The minimum Gasteiger partial charge on any atom is -0.461 e. The second-order valence-corrected chi connectivity index (χ2v) is 5.11. The van der Waals surface area contributed by atoms with Gasteiger partial charge < -0.3 is 9.64 Å². The van der Waals surface area contributed by atoms with E-state index < -0.39 is 5.97 Å². The Labute approximate surface area is 125 Å². The Bertz CT molecular complexity index is 496. The van der Waals surface area contributed by atoms with Gasteiger partial charge >= 0.3 is 5.97 Å². The quantitative estimate of drug-likeness (QED) is 0.708. The molecule has 0 fully saturated rings. The summed E-state index contributed by atoms with van der Waals surface area (Å²) < 4.78 is 6.47. The van der Waals surface area contributed by atoms with Crippen LogP contribution in [-0.4, -0.2) is 51.5 Å². The highest BCUT2D eigenvalue weighted by molar-refractivity contribution is 5.88. The molecule has 1 rings (SSSR count). The van der Waals surface area contributed by atoms with Crippen molar-refractivity contribution in [1.29, 1.82) is 0 Å². The minimum absolute atomic E-state index is 0.0670. The predicted molar refractivity (Wildman–Crippen MR) is 77.9 cm³/mol. The third-order valence-electron chi connectivity index (χ3n) is 3.25. The lowest BCUT2D eigenvalue weighted by atomic mass is 10.2. The van der Waals surface area contributed by atoms with Gasteiger partial charge in [-0.05, 0) is 27.2 Å². The van der Waals surface area contributed by atoms with Crippen molar-refractivity contribution in [2.24, 2.45) is 0 Å². The molecule has 1 amide bonds. The van der Waals surface area contributed by atoms with E-state index in [-0.39, 0.29) is 30.8 Å². The molecule has 0 aliphatic heterocycles. The highest BCUT2D eigenvalue weighted by atomic mass is 16.5. The van der Waals surface area contributed by atoms with E-state index >= 15 is 0 Å². The first-order valence-electron chi connectivity index (χ1n) is 7.27.